The molecule has 1 aromatic carbocycles. The molecule has 0 N–H and O–H groups in total. The van der Waals surface area contributed by atoms with Crippen LogP contribution < -0.4 is 0 Å². The molecule has 0 amide bonds. The highest BCUT2D eigenvalue weighted by atomic mass is 32.2. The monoisotopic (exact) mass is 441 g/mol. The van der Waals surface area contributed by atoms with Crippen LogP contribution in [0.4, 0.5) is 0 Å². The van der Waals surface area contributed by atoms with Crippen LogP contribution in [-0.2, 0) is 9.84 Å². The van der Waals surface area contributed by atoms with Gasteiger partial charge < -0.3 is 0 Å². The van der Waals surface area contributed by atoms with Crippen molar-refractivity contribution in [3.8, 4) is 0 Å². The minimum atomic E-state index is -3.05. The first-order valence-electron chi connectivity index (χ1n) is 11.5. The summed E-state index contributed by atoms with van der Waals surface area (Å²) in [5.74, 6) is 1.09. The van der Waals surface area contributed by atoms with Crippen molar-refractivity contribution in [2.75, 3.05) is 5.75 Å². The quantitative estimate of drug-likeness (QED) is 0.587. The summed E-state index contributed by atoms with van der Waals surface area (Å²) in [6, 6.07) is 6.82. The van der Waals surface area contributed by atoms with Gasteiger partial charge in [-0.1, -0.05) is 12.1 Å². The summed E-state index contributed by atoms with van der Waals surface area (Å²) >= 11 is 0. The number of sulfone groups is 1. The third-order valence-electron chi connectivity index (χ3n) is 6.86. The Labute approximate surface area is 186 Å². The summed E-state index contributed by atoms with van der Waals surface area (Å²) in [4.78, 5) is 5.00. The summed E-state index contributed by atoms with van der Waals surface area (Å²) in [5.41, 5.74) is 4.64. The fourth-order valence-corrected chi connectivity index (χ4v) is 6.19. The minimum Gasteiger partial charge on any atom is -0.262 e. The number of rotatable bonds is 5. The van der Waals surface area contributed by atoms with E-state index in [1.807, 2.05) is 6.20 Å². The van der Waals surface area contributed by atoms with Gasteiger partial charge in [0.15, 0.2) is 9.84 Å². The maximum Gasteiger partial charge on any atom is 0.155 e. The average molecular weight is 442 g/mol. The van der Waals surface area contributed by atoms with Crippen molar-refractivity contribution in [2.24, 2.45) is 16.8 Å². The van der Waals surface area contributed by atoms with Gasteiger partial charge in [-0.15, -0.1) is 0 Å². The number of allylic oxidation sites excluding steroid dienone is 1. The topological polar surface area (TPSA) is 64.3 Å². The Morgan fingerprint density at radius 3 is 2.48 bits per heavy atom. The molecule has 5 nitrogen and oxygen atoms in total. The highest BCUT2D eigenvalue weighted by molar-refractivity contribution is 7.92. The van der Waals surface area contributed by atoms with Crippen LogP contribution in [0.15, 0.2) is 35.5 Å². The maximum atomic E-state index is 12.6. The third-order valence-corrected chi connectivity index (χ3v) is 9.63. The van der Waals surface area contributed by atoms with Gasteiger partial charge in [-0.25, -0.2) is 8.42 Å². The molecule has 0 atom stereocenters. The van der Waals surface area contributed by atoms with Crippen molar-refractivity contribution in [1.29, 1.82) is 0 Å². The predicted molar refractivity (Wildman–Crippen MR) is 129 cm³/mol. The van der Waals surface area contributed by atoms with E-state index in [4.69, 9.17) is 4.99 Å². The SMILES string of the molecule is CC(C)n1ncc2cc(C3=CCC(C4CCC(CS(=O)(=O)C(C)(C)C)CC4)=N3)ccc21. The molecule has 2 heterocycles. The number of aliphatic imine (C=N–C) groups is 1. The van der Waals surface area contributed by atoms with Crippen molar-refractivity contribution in [1.82, 2.24) is 9.78 Å². The van der Waals surface area contributed by atoms with Crippen LogP contribution in [0.25, 0.3) is 16.6 Å². The van der Waals surface area contributed by atoms with Gasteiger partial charge in [-0.2, -0.15) is 5.10 Å². The Kier molecular flexibility index (Phi) is 5.88. The van der Waals surface area contributed by atoms with Crippen molar-refractivity contribution in [3.05, 3.63) is 36.0 Å². The number of hydrogen-bond donors (Lipinski definition) is 0. The lowest BCUT2D eigenvalue weighted by Crippen LogP contribution is -2.34. The molecule has 2 aromatic rings. The summed E-state index contributed by atoms with van der Waals surface area (Å²) in [6.45, 7) is 9.70. The van der Waals surface area contributed by atoms with Gasteiger partial charge in [0.2, 0.25) is 0 Å². The van der Waals surface area contributed by atoms with E-state index in [0.717, 1.165) is 54.3 Å². The number of nitrogens with zero attached hydrogens (tertiary/aromatic N) is 3. The summed E-state index contributed by atoms with van der Waals surface area (Å²) in [6.07, 6.45) is 9.14. The van der Waals surface area contributed by atoms with Gasteiger partial charge in [0.25, 0.3) is 0 Å². The van der Waals surface area contributed by atoms with Crippen LogP contribution in [0.5, 0.6) is 0 Å². The van der Waals surface area contributed by atoms with Gasteiger partial charge in [-0.3, -0.25) is 9.67 Å². The minimum absolute atomic E-state index is 0.287. The Hall–Kier alpha value is -1.95. The zero-order valence-electron chi connectivity index (χ0n) is 19.4. The Balaban J connectivity index is 1.41. The van der Waals surface area contributed by atoms with Gasteiger partial charge in [0.05, 0.1) is 27.9 Å². The fourth-order valence-electron chi connectivity index (χ4n) is 4.73. The molecule has 0 saturated heterocycles. The van der Waals surface area contributed by atoms with Gasteiger partial charge in [0, 0.05) is 29.1 Å². The number of benzene rings is 1. The van der Waals surface area contributed by atoms with E-state index >= 15 is 0 Å². The smallest absolute Gasteiger partial charge is 0.155 e. The predicted octanol–water partition coefficient (Wildman–Crippen LogP) is 5.82. The number of aromatic nitrogens is 2. The van der Waals surface area contributed by atoms with Crippen molar-refractivity contribution >= 4 is 32.1 Å². The van der Waals surface area contributed by atoms with Crippen molar-refractivity contribution < 1.29 is 8.42 Å². The molecule has 0 bridgehead atoms. The molecule has 6 heteroatoms. The first-order chi connectivity index (χ1) is 14.5. The molecule has 0 unspecified atom stereocenters. The molecule has 1 aliphatic heterocycles. The summed E-state index contributed by atoms with van der Waals surface area (Å²) < 4.78 is 26.5. The Bertz CT molecular complexity index is 1130. The van der Waals surface area contributed by atoms with Gasteiger partial charge >= 0.3 is 0 Å². The van der Waals surface area contributed by atoms with E-state index in [2.05, 4.69) is 47.9 Å². The molecule has 1 saturated carbocycles. The van der Waals surface area contributed by atoms with Gasteiger partial charge in [-0.05, 0) is 84.3 Å². The normalized spacial score (nSPS) is 22.8. The average Bonchev–Trinajstić information content (AvgIpc) is 3.34. The third kappa shape index (κ3) is 4.50. The molecule has 0 radical (unpaired) electrons. The van der Waals surface area contributed by atoms with Crippen molar-refractivity contribution in [3.63, 3.8) is 0 Å². The second-order valence-electron chi connectivity index (χ2n) is 10.5. The van der Waals surface area contributed by atoms with E-state index < -0.39 is 14.6 Å². The molecule has 0 spiro atoms. The van der Waals surface area contributed by atoms with E-state index in [1.54, 1.807) is 20.8 Å². The Morgan fingerprint density at radius 1 is 1.13 bits per heavy atom. The number of fused-ring (bicyclic) bond motifs is 1. The first-order valence-corrected chi connectivity index (χ1v) is 13.2. The highest BCUT2D eigenvalue weighted by Crippen LogP contribution is 2.36. The Morgan fingerprint density at radius 2 is 1.84 bits per heavy atom. The lowest BCUT2D eigenvalue weighted by Gasteiger charge is -2.30. The second kappa shape index (κ2) is 8.19. The first kappa shape index (κ1) is 22.3. The molecule has 168 valence electrons. The van der Waals surface area contributed by atoms with E-state index in [0.29, 0.717) is 17.7 Å². The summed E-state index contributed by atoms with van der Waals surface area (Å²) in [7, 11) is -3.05. The molecule has 2 aliphatic rings. The van der Waals surface area contributed by atoms with Crippen molar-refractivity contribution in [2.45, 2.75) is 77.5 Å². The van der Waals surface area contributed by atoms with Crippen LogP contribution in [0.1, 0.15) is 78.3 Å². The molecule has 1 aromatic heterocycles. The highest BCUT2D eigenvalue weighted by Gasteiger charge is 2.34. The molecule has 4 rings (SSSR count). The summed E-state index contributed by atoms with van der Waals surface area (Å²) in [5, 5.41) is 5.67. The second-order valence-corrected chi connectivity index (χ2v) is 13.3. The van der Waals surface area contributed by atoms with Crippen LogP contribution in [-0.4, -0.2) is 34.4 Å². The lowest BCUT2D eigenvalue weighted by molar-refractivity contribution is 0.342. The molecule has 1 aliphatic carbocycles. The van der Waals surface area contributed by atoms with E-state index in [1.165, 1.54) is 5.71 Å². The van der Waals surface area contributed by atoms with Crippen LogP contribution >= 0.6 is 0 Å². The van der Waals surface area contributed by atoms with Crippen LogP contribution in [0.3, 0.4) is 0 Å². The molecular formula is C25H35N3O2S. The fraction of sp³-hybridized carbons (Fsp3) is 0.600. The van der Waals surface area contributed by atoms with E-state index in [9.17, 15) is 8.42 Å². The van der Waals surface area contributed by atoms with E-state index in [-0.39, 0.29) is 5.92 Å². The van der Waals surface area contributed by atoms with Crippen LogP contribution in [0.2, 0.25) is 0 Å². The lowest BCUT2D eigenvalue weighted by atomic mass is 9.80. The molecule has 1 fully saturated rings. The largest absolute Gasteiger partial charge is 0.262 e. The maximum absolute atomic E-state index is 12.6. The zero-order chi connectivity index (χ0) is 22.4. The molecular weight excluding hydrogens is 406 g/mol. The van der Waals surface area contributed by atoms with Gasteiger partial charge in [0.1, 0.15) is 0 Å². The molecule has 31 heavy (non-hydrogen) atoms. The number of hydrogen-bond acceptors (Lipinski definition) is 4. The van der Waals surface area contributed by atoms with Crippen LogP contribution in [0, 0.1) is 11.8 Å². The zero-order valence-corrected chi connectivity index (χ0v) is 20.2. The standard InChI is InChI=1S/C25H35N3O2S/c1-17(2)28-24-13-10-20(14-21(24)15-26-28)23-12-11-22(27-23)19-8-6-18(7-9-19)16-31(29,30)25(3,4)5/h10,12-15,17-19H,6-9,11,16H2,1-5H3.